The van der Waals surface area contributed by atoms with Crippen molar-refractivity contribution >= 4 is 11.9 Å². The summed E-state index contributed by atoms with van der Waals surface area (Å²) in [5.41, 5.74) is 0.544. The lowest BCUT2D eigenvalue weighted by Gasteiger charge is -2.26. The molecule has 3 aliphatic heterocycles. The maximum absolute atomic E-state index is 13.2. The summed E-state index contributed by atoms with van der Waals surface area (Å²) in [7, 11) is 0. The first-order chi connectivity index (χ1) is 13.2. The van der Waals surface area contributed by atoms with Crippen LogP contribution < -0.4 is 25.0 Å². The van der Waals surface area contributed by atoms with Crippen molar-refractivity contribution in [2.24, 2.45) is 11.3 Å². The second-order valence-electron chi connectivity index (χ2n) is 7.28. The van der Waals surface area contributed by atoms with E-state index in [4.69, 9.17) is 9.47 Å². The summed E-state index contributed by atoms with van der Waals surface area (Å²) in [6, 6.07) is 7.56. The minimum absolute atomic E-state index is 0.0774. The fourth-order valence-corrected chi connectivity index (χ4v) is 4.26. The molecule has 4 heterocycles. The average Bonchev–Trinajstić information content (AvgIpc) is 3.40. The molecule has 1 aromatic carbocycles. The van der Waals surface area contributed by atoms with Crippen LogP contribution in [0.1, 0.15) is 5.56 Å². The molecule has 1 amide bonds. The van der Waals surface area contributed by atoms with Gasteiger partial charge in [-0.3, -0.25) is 4.79 Å². The summed E-state index contributed by atoms with van der Waals surface area (Å²) in [6.07, 6.45) is 3.47. The fourth-order valence-electron chi connectivity index (χ4n) is 4.26. The summed E-state index contributed by atoms with van der Waals surface area (Å²) >= 11 is 0. The van der Waals surface area contributed by atoms with E-state index >= 15 is 0 Å². The van der Waals surface area contributed by atoms with Crippen LogP contribution in [0.25, 0.3) is 0 Å². The topological polar surface area (TPSA) is 88.6 Å². The molecule has 27 heavy (non-hydrogen) atoms. The van der Waals surface area contributed by atoms with E-state index in [1.165, 1.54) is 0 Å². The lowest BCUT2D eigenvalue weighted by molar-refractivity contribution is -0.130. The molecule has 2 saturated heterocycles. The SMILES string of the molecule is O=C(NCc1ccc2c(c1)OCO2)[C@]12CNC[C@H]1CN(c1ncccn1)C2. The van der Waals surface area contributed by atoms with E-state index in [2.05, 4.69) is 25.5 Å². The van der Waals surface area contributed by atoms with E-state index in [0.717, 1.165) is 30.2 Å². The number of fused-ring (bicyclic) bond motifs is 2. The number of aromatic nitrogens is 2. The van der Waals surface area contributed by atoms with E-state index < -0.39 is 5.41 Å². The van der Waals surface area contributed by atoms with Gasteiger partial charge in [-0.2, -0.15) is 0 Å². The molecule has 2 N–H and O–H groups in total. The van der Waals surface area contributed by atoms with E-state index in [0.29, 0.717) is 25.6 Å². The third-order valence-corrected chi connectivity index (χ3v) is 5.70. The second-order valence-corrected chi connectivity index (χ2v) is 7.28. The molecule has 0 unspecified atom stereocenters. The van der Waals surface area contributed by atoms with Crippen LogP contribution in [0.15, 0.2) is 36.7 Å². The quantitative estimate of drug-likeness (QED) is 0.816. The number of rotatable bonds is 4. The monoisotopic (exact) mass is 367 g/mol. The summed E-state index contributed by atoms with van der Waals surface area (Å²) in [5.74, 6) is 2.49. The Morgan fingerprint density at radius 1 is 1.30 bits per heavy atom. The zero-order valence-electron chi connectivity index (χ0n) is 14.9. The normalized spacial score (nSPS) is 25.5. The van der Waals surface area contributed by atoms with Crippen molar-refractivity contribution in [2.75, 3.05) is 37.9 Å². The number of anilines is 1. The van der Waals surface area contributed by atoms with Crippen molar-refractivity contribution < 1.29 is 14.3 Å². The van der Waals surface area contributed by atoms with Gasteiger partial charge in [0.15, 0.2) is 11.5 Å². The summed E-state index contributed by atoms with van der Waals surface area (Å²) in [5, 5.41) is 6.51. The first kappa shape index (κ1) is 16.3. The van der Waals surface area contributed by atoms with Crippen molar-refractivity contribution in [3.8, 4) is 11.5 Å². The fraction of sp³-hybridized carbons (Fsp3) is 0.421. The molecule has 5 rings (SSSR count). The predicted molar refractivity (Wildman–Crippen MR) is 97.4 cm³/mol. The molecule has 2 aromatic rings. The minimum Gasteiger partial charge on any atom is -0.454 e. The zero-order chi connectivity index (χ0) is 18.3. The van der Waals surface area contributed by atoms with E-state index in [-0.39, 0.29) is 18.6 Å². The van der Waals surface area contributed by atoms with E-state index in [1.807, 2.05) is 18.2 Å². The third-order valence-electron chi connectivity index (χ3n) is 5.70. The molecule has 0 radical (unpaired) electrons. The Balaban J connectivity index is 1.30. The van der Waals surface area contributed by atoms with Gasteiger partial charge in [0.2, 0.25) is 18.6 Å². The number of carbonyl (C=O) groups excluding carboxylic acids is 1. The predicted octanol–water partition coefficient (Wildman–Crippen LogP) is 0.547. The molecule has 0 bridgehead atoms. The van der Waals surface area contributed by atoms with Crippen LogP contribution in [0, 0.1) is 11.3 Å². The number of nitrogens with zero attached hydrogens (tertiary/aromatic N) is 3. The molecule has 0 saturated carbocycles. The number of hydrogen-bond donors (Lipinski definition) is 2. The maximum atomic E-state index is 13.2. The first-order valence-electron chi connectivity index (χ1n) is 9.14. The molecule has 0 aliphatic carbocycles. The van der Waals surface area contributed by atoms with Gasteiger partial charge in [0.05, 0.1) is 5.41 Å². The highest BCUT2D eigenvalue weighted by Crippen LogP contribution is 2.40. The number of hydrogen-bond acceptors (Lipinski definition) is 7. The Morgan fingerprint density at radius 2 is 2.15 bits per heavy atom. The van der Waals surface area contributed by atoms with Crippen molar-refractivity contribution in [1.82, 2.24) is 20.6 Å². The molecule has 8 heteroatoms. The van der Waals surface area contributed by atoms with Crippen LogP contribution in [0.2, 0.25) is 0 Å². The summed E-state index contributed by atoms with van der Waals surface area (Å²) in [4.78, 5) is 24.0. The molecular weight excluding hydrogens is 346 g/mol. The largest absolute Gasteiger partial charge is 0.454 e. The molecule has 2 fully saturated rings. The smallest absolute Gasteiger partial charge is 0.231 e. The molecule has 8 nitrogen and oxygen atoms in total. The molecule has 3 aliphatic rings. The maximum Gasteiger partial charge on any atom is 0.231 e. The van der Waals surface area contributed by atoms with E-state index in [9.17, 15) is 4.79 Å². The number of carbonyl (C=O) groups is 1. The first-order valence-corrected chi connectivity index (χ1v) is 9.14. The van der Waals surface area contributed by atoms with Crippen LogP contribution in [-0.4, -0.2) is 48.8 Å². The number of amides is 1. The number of ether oxygens (including phenoxy) is 2. The van der Waals surface area contributed by atoms with Gasteiger partial charge < -0.3 is 25.0 Å². The van der Waals surface area contributed by atoms with Crippen LogP contribution in [0.3, 0.4) is 0 Å². The molecule has 1 aromatic heterocycles. The van der Waals surface area contributed by atoms with Gasteiger partial charge in [0, 0.05) is 51.0 Å². The highest BCUT2D eigenvalue weighted by atomic mass is 16.7. The molecule has 2 atom stereocenters. The summed E-state index contributed by atoms with van der Waals surface area (Å²) < 4.78 is 10.7. The van der Waals surface area contributed by atoms with Gasteiger partial charge >= 0.3 is 0 Å². The lowest BCUT2D eigenvalue weighted by Crippen LogP contribution is -2.47. The van der Waals surface area contributed by atoms with Gasteiger partial charge in [0.25, 0.3) is 0 Å². The highest BCUT2D eigenvalue weighted by Gasteiger charge is 2.55. The van der Waals surface area contributed by atoms with Crippen molar-refractivity contribution in [2.45, 2.75) is 6.54 Å². The Bertz CT molecular complexity index is 862. The third kappa shape index (κ3) is 2.76. The zero-order valence-corrected chi connectivity index (χ0v) is 14.9. The average molecular weight is 367 g/mol. The summed E-state index contributed by atoms with van der Waals surface area (Å²) in [6.45, 7) is 3.63. The van der Waals surface area contributed by atoms with E-state index in [1.54, 1.807) is 18.5 Å². The molecule has 140 valence electrons. The lowest BCUT2D eigenvalue weighted by atomic mass is 9.80. The standard InChI is InChI=1S/C19H21N5O3/c25-17(23-7-13-2-3-15-16(6-13)27-12-26-15)19-10-20-8-14(19)9-24(11-19)18-21-4-1-5-22-18/h1-6,14,20H,7-12H2,(H,23,25)/t14-,19-/m0/s1. The van der Waals surface area contributed by atoms with Crippen LogP contribution in [0.5, 0.6) is 11.5 Å². The Hall–Kier alpha value is -2.87. The van der Waals surface area contributed by atoms with Gasteiger partial charge in [-0.05, 0) is 23.8 Å². The molecule has 0 spiro atoms. The van der Waals surface area contributed by atoms with Gasteiger partial charge in [-0.25, -0.2) is 9.97 Å². The molecular formula is C19H21N5O3. The number of nitrogens with one attached hydrogen (secondary N) is 2. The Kier molecular flexibility index (Phi) is 3.86. The van der Waals surface area contributed by atoms with Crippen LogP contribution >= 0.6 is 0 Å². The van der Waals surface area contributed by atoms with Crippen molar-refractivity contribution in [3.05, 3.63) is 42.2 Å². The van der Waals surface area contributed by atoms with Crippen LogP contribution in [0.4, 0.5) is 5.95 Å². The minimum atomic E-state index is -0.449. The van der Waals surface area contributed by atoms with Crippen LogP contribution in [-0.2, 0) is 11.3 Å². The van der Waals surface area contributed by atoms with Crippen molar-refractivity contribution in [1.29, 1.82) is 0 Å². The Labute approximate surface area is 156 Å². The van der Waals surface area contributed by atoms with Gasteiger partial charge in [-0.1, -0.05) is 6.07 Å². The highest BCUT2D eigenvalue weighted by molar-refractivity contribution is 5.85. The van der Waals surface area contributed by atoms with Gasteiger partial charge in [-0.15, -0.1) is 0 Å². The van der Waals surface area contributed by atoms with Gasteiger partial charge in [0.1, 0.15) is 0 Å². The van der Waals surface area contributed by atoms with Crippen molar-refractivity contribution in [3.63, 3.8) is 0 Å². The Morgan fingerprint density at radius 3 is 3.04 bits per heavy atom. The second kappa shape index (κ2) is 6.38. The number of benzene rings is 1.